The van der Waals surface area contributed by atoms with E-state index in [2.05, 4.69) is 36.8 Å². The molecule has 2 amide bonds. The van der Waals surface area contributed by atoms with Crippen LogP contribution in [0.3, 0.4) is 0 Å². The van der Waals surface area contributed by atoms with Crippen LogP contribution in [0, 0.1) is 0 Å². The molecular formula is C18H34N2O6Si2. The van der Waals surface area contributed by atoms with Crippen LogP contribution in [0.25, 0.3) is 0 Å². The van der Waals surface area contributed by atoms with Gasteiger partial charge in [-0.15, -0.1) is 0 Å². The van der Waals surface area contributed by atoms with Gasteiger partial charge in [0.25, 0.3) is 0 Å². The molecule has 3 N–H and O–H groups in total. The van der Waals surface area contributed by atoms with Crippen LogP contribution in [0.1, 0.15) is 32.6 Å². The van der Waals surface area contributed by atoms with Gasteiger partial charge in [-0.25, -0.2) is 4.79 Å². The van der Waals surface area contributed by atoms with Crippen LogP contribution in [0.2, 0.25) is 32.2 Å². The van der Waals surface area contributed by atoms with Crippen LogP contribution >= 0.6 is 0 Å². The first-order valence-electron chi connectivity index (χ1n) is 9.48. The molecule has 0 spiro atoms. The second-order valence-corrected chi connectivity index (χ2v) is 16.7. The minimum Gasteiger partial charge on any atom is -0.478 e. The lowest BCUT2D eigenvalue weighted by molar-refractivity contribution is -0.131. The average molecular weight is 431 g/mol. The van der Waals surface area contributed by atoms with Gasteiger partial charge >= 0.3 is 5.97 Å². The maximum absolute atomic E-state index is 11.8. The largest absolute Gasteiger partial charge is 0.478 e. The first-order valence-corrected chi connectivity index (χ1v) is 15.7. The first-order chi connectivity index (χ1) is 12.8. The molecule has 0 fully saturated rings. The molecule has 0 aliphatic rings. The summed E-state index contributed by atoms with van der Waals surface area (Å²) in [6, 6.07) is 0.933. The fraction of sp³-hybridized carbons (Fsp3) is 0.667. The third-order valence-corrected chi connectivity index (χ3v) is 10.9. The van der Waals surface area contributed by atoms with Crippen molar-refractivity contribution in [2.75, 3.05) is 12.7 Å². The summed E-state index contributed by atoms with van der Waals surface area (Å²) in [4.78, 5) is 44.4. The molecule has 0 aliphatic heterocycles. The van der Waals surface area contributed by atoms with E-state index in [9.17, 15) is 19.2 Å². The Morgan fingerprint density at radius 3 is 2.14 bits per heavy atom. The summed E-state index contributed by atoms with van der Waals surface area (Å²) in [5, 5.41) is 14.0. The summed E-state index contributed by atoms with van der Waals surface area (Å²) < 4.78 is 6.43. The molecule has 0 heterocycles. The van der Waals surface area contributed by atoms with Crippen molar-refractivity contribution in [2.24, 2.45) is 0 Å². The van der Waals surface area contributed by atoms with Crippen molar-refractivity contribution in [3.63, 3.8) is 0 Å². The maximum Gasteiger partial charge on any atom is 0.328 e. The summed E-state index contributed by atoms with van der Waals surface area (Å²) in [7, 11) is -3.96. The number of rotatable bonds is 14. The highest BCUT2D eigenvalue weighted by Gasteiger charge is 2.32. The van der Waals surface area contributed by atoms with Gasteiger partial charge in [-0.1, -0.05) is 6.42 Å². The van der Waals surface area contributed by atoms with Crippen molar-refractivity contribution in [1.29, 1.82) is 0 Å². The quantitative estimate of drug-likeness (QED) is 0.220. The number of nitrogens with one attached hydrogen (secondary N) is 2. The van der Waals surface area contributed by atoms with Crippen LogP contribution in [0.5, 0.6) is 0 Å². The van der Waals surface area contributed by atoms with E-state index < -0.39 is 28.5 Å². The Hall–Kier alpha value is -1.79. The first kappa shape index (κ1) is 26.2. The number of aliphatic carboxylic acids is 1. The minimum atomic E-state index is -2.06. The third kappa shape index (κ3) is 15.3. The number of unbranched alkanes of at least 4 members (excludes halogenated alkanes) is 1. The number of Topliss-reactive ketones (excluding diaryl/α,β-unsaturated/α-hetero) is 1. The summed E-state index contributed by atoms with van der Waals surface area (Å²) in [6.07, 6.45) is 4.50. The number of amides is 2. The van der Waals surface area contributed by atoms with Crippen molar-refractivity contribution < 1.29 is 28.4 Å². The molecule has 0 aliphatic carbocycles. The Morgan fingerprint density at radius 2 is 1.57 bits per heavy atom. The molecule has 0 aromatic carbocycles. The zero-order valence-electron chi connectivity index (χ0n) is 17.6. The summed E-state index contributed by atoms with van der Waals surface area (Å²) in [5.74, 6) is -1.68. The van der Waals surface area contributed by atoms with Crippen LogP contribution in [0.15, 0.2) is 12.2 Å². The molecule has 0 aromatic rings. The topological polar surface area (TPSA) is 122 Å². The number of ketones is 1. The van der Waals surface area contributed by atoms with Gasteiger partial charge < -0.3 is 24.6 Å². The van der Waals surface area contributed by atoms with Crippen LogP contribution < -0.4 is 10.6 Å². The number of hydrogen-bond donors (Lipinski definition) is 3. The molecule has 0 saturated heterocycles. The van der Waals surface area contributed by atoms with Gasteiger partial charge in [0.2, 0.25) is 11.8 Å². The van der Waals surface area contributed by atoms with E-state index in [4.69, 9.17) is 9.22 Å². The van der Waals surface area contributed by atoms with Gasteiger partial charge in [0, 0.05) is 37.7 Å². The second-order valence-electron chi connectivity index (χ2n) is 8.02. The van der Waals surface area contributed by atoms with E-state index in [-0.39, 0.29) is 24.5 Å². The van der Waals surface area contributed by atoms with E-state index in [1.165, 1.54) is 6.92 Å². The number of carboxylic acid groups (broad SMARTS) is 1. The molecule has 8 nitrogen and oxygen atoms in total. The van der Waals surface area contributed by atoms with E-state index in [0.717, 1.165) is 31.0 Å². The van der Waals surface area contributed by atoms with Gasteiger partial charge in [0.1, 0.15) is 5.78 Å². The lowest BCUT2D eigenvalue weighted by Gasteiger charge is -2.34. The van der Waals surface area contributed by atoms with E-state index in [0.29, 0.717) is 12.7 Å². The van der Waals surface area contributed by atoms with E-state index in [1.807, 2.05) is 0 Å². The molecule has 0 atom stereocenters. The van der Waals surface area contributed by atoms with Crippen LogP contribution in [-0.4, -0.2) is 58.0 Å². The second kappa shape index (κ2) is 12.6. The van der Waals surface area contributed by atoms with Crippen LogP contribution in [0.4, 0.5) is 0 Å². The molecule has 160 valence electrons. The van der Waals surface area contributed by atoms with Crippen molar-refractivity contribution in [1.82, 2.24) is 10.6 Å². The normalized spacial score (nSPS) is 12.0. The molecule has 0 bridgehead atoms. The van der Waals surface area contributed by atoms with Crippen molar-refractivity contribution in [3.8, 4) is 0 Å². The van der Waals surface area contributed by atoms with Crippen LogP contribution in [-0.2, 0) is 23.3 Å². The Morgan fingerprint density at radius 1 is 0.929 bits per heavy atom. The maximum atomic E-state index is 11.8. The number of carbonyl (C=O) groups excluding carboxylic acids is 3. The van der Waals surface area contributed by atoms with Gasteiger partial charge in [-0.05, 0) is 45.6 Å². The van der Waals surface area contributed by atoms with Gasteiger partial charge in [-0.2, -0.15) is 0 Å². The standard InChI is InChI=1S/C18H34N2O6Si2/c1-15(21)8-9-17(23)20-14-28(4,5)26-27(2,3)13-7-6-12-19-16(22)10-11-18(24)25/h10-11H,6-9,12-14H2,1-5H3,(H,19,22)(H,20,23)(H,24,25)/b11-10+. The molecule has 0 unspecified atom stereocenters. The zero-order valence-corrected chi connectivity index (χ0v) is 19.6. The Balaban J connectivity index is 4.15. The molecule has 10 heteroatoms. The zero-order chi connectivity index (χ0) is 21.8. The van der Waals surface area contributed by atoms with Gasteiger partial charge in [0.05, 0.1) is 0 Å². The lowest BCUT2D eigenvalue weighted by atomic mass is 10.2. The lowest BCUT2D eigenvalue weighted by Crippen LogP contribution is -2.51. The third-order valence-electron chi connectivity index (χ3n) is 3.85. The molecule has 0 aromatic heterocycles. The Bertz CT molecular complexity index is 591. The fourth-order valence-corrected chi connectivity index (χ4v) is 11.0. The molecule has 28 heavy (non-hydrogen) atoms. The van der Waals surface area contributed by atoms with Gasteiger partial charge in [-0.3, -0.25) is 9.59 Å². The predicted molar refractivity (Wildman–Crippen MR) is 113 cm³/mol. The number of hydrogen-bond acceptors (Lipinski definition) is 5. The number of carbonyl (C=O) groups is 4. The van der Waals surface area contributed by atoms with E-state index >= 15 is 0 Å². The Labute approximate surface area is 169 Å². The summed E-state index contributed by atoms with van der Waals surface area (Å²) >= 11 is 0. The highest BCUT2D eigenvalue weighted by molar-refractivity contribution is 6.85. The SMILES string of the molecule is CC(=O)CCC(=O)NC[Si](C)(C)O[Si](C)(C)CCCCNC(=O)/C=C/C(=O)O. The fourth-order valence-electron chi connectivity index (χ4n) is 2.62. The Kier molecular flexibility index (Phi) is 11.8. The summed E-state index contributed by atoms with van der Waals surface area (Å²) in [5.41, 5.74) is 0. The van der Waals surface area contributed by atoms with Gasteiger partial charge in [0.15, 0.2) is 16.6 Å². The monoisotopic (exact) mass is 430 g/mol. The highest BCUT2D eigenvalue weighted by Crippen LogP contribution is 2.20. The molecule has 0 rings (SSSR count). The number of carboxylic acids is 1. The van der Waals surface area contributed by atoms with E-state index in [1.54, 1.807) is 0 Å². The molecule has 0 radical (unpaired) electrons. The van der Waals surface area contributed by atoms with Crippen molar-refractivity contribution in [3.05, 3.63) is 12.2 Å². The predicted octanol–water partition coefficient (Wildman–Crippen LogP) is 1.97. The smallest absolute Gasteiger partial charge is 0.328 e. The molecule has 0 saturated carbocycles. The summed E-state index contributed by atoms with van der Waals surface area (Å²) in [6.45, 7) is 10.4. The molecular weight excluding hydrogens is 396 g/mol. The minimum absolute atomic E-state index is 0.00513. The highest BCUT2D eigenvalue weighted by atomic mass is 28.4. The average Bonchev–Trinajstić information content (AvgIpc) is 2.55. The van der Waals surface area contributed by atoms with Crippen molar-refractivity contribution >= 4 is 40.2 Å². The van der Waals surface area contributed by atoms with Crippen molar-refractivity contribution in [2.45, 2.75) is 64.8 Å².